The molecule has 1 aromatic heterocycles. The van der Waals surface area contributed by atoms with E-state index in [4.69, 9.17) is 9.72 Å². The van der Waals surface area contributed by atoms with Crippen molar-refractivity contribution < 1.29 is 14.3 Å². The Hall–Kier alpha value is -1.95. The highest BCUT2D eigenvalue weighted by Gasteiger charge is 2.41. The van der Waals surface area contributed by atoms with Gasteiger partial charge in [-0.2, -0.15) is 0 Å². The first-order chi connectivity index (χ1) is 14.7. The smallest absolute Gasteiger partial charge is 0.306 e. The van der Waals surface area contributed by atoms with Gasteiger partial charge in [-0.15, -0.1) is 11.3 Å². The second-order valence-electron chi connectivity index (χ2n) is 9.66. The third-order valence-electron chi connectivity index (χ3n) is 6.03. The fourth-order valence-electron chi connectivity index (χ4n) is 4.45. The molecule has 3 rings (SSSR count). The number of hydrogen-bond donors (Lipinski definition) is 1. The van der Waals surface area contributed by atoms with Gasteiger partial charge in [0.1, 0.15) is 5.60 Å². The number of hydrogen-bond acceptors (Lipinski definition) is 5. The predicted molar refractivity (Wildman–Crippen MR) is 126 cm³/mol. The minimum atomic E-state index is -0.486. The maximum Gasteiger partial charge on any atom is 0.306 e. The number of fused-ring (bicyclic) bond motifs is 1. The van der Waals surface area contributed by atoms with Gasteiger partial charge < -0.3 is 10.1 Å². The zero-order chi connectivity index (χ0) is 22.5. The summed E-state index contributed by atoms with van der Waals surface area (Å²) in [7, 11) is 0. The average molecular weight is 445 g/mol. The van der Waals surface area contributed by atoms with E-state index in [0.29, 0.717) is 19.4 Å². The van der Waals surface area contributed by atoms with Crippen molar-refractivity contribution in [2.24, 2.45) is 5.41 Å². The lowest BCUT2D eigenvalue weighted by molar-refractivity contribution is -0.155. The molecular weight excluding hydrogens is 408 g/mol. The SMILES string of the molecule is CCc1nc2c(CCCNC(=O)C3(CCC(=O)OC(C)(C)C)CCCC3)cccc2s1. The number of carbonyl (C=O) groups is 2. The van der Waals surface area contributed by atoms with Crippen molar-refractivity contribution in [2.45, 2.75) is 91.1 Å². The molecule has 2 aromatic rings. The number of carbonyl (C=O) groups excluding carboxylic acids is 2. The van der Waals surface area contributed by atoms with E-state index in [1.165, 1.54) is 15.3 Å². The lowest BCUT2D eigenvalue weighted by Gasteiger charge is -2.28. The molecule has 0 radical (unpaired) electrons. The van der Waals surface area contributed by atoms with Gasteiger partial charge in [0.25, 0.3) is 0 Å². The summed E-state index contributed by atoms with van der Waals surface area (Å²) in [4.78, 5) is 30.0. The molecule has 0 bridgehead atoms. The molecule has 0 aliphatic heterocycles. The lowest BCUT2D eigenvalue weighted by Crippen LogP contribution is -2.40. The number of amides is 1. The second kappa shape index (κ2) is 10.1. The molecule has 0 atom stereocenters. The van der Waals surface area contributed by atoms with Gasteiger partial charge in [-0.25, -0.2) is 4.98 Å². The highest BCUT2D eigenvalue weighted by molar-refractivity contribution is 7.18. The Morgan fingerprint density at radius 3 is 2.65 bits per heavy atom. The highest BCUT2D eigenvalue weighted by Crippen LogP contribution is 2.42. The van der Waals surface area contributed by atoms with Crippen LogP contribution in [0.1, 0.15) is 83.2 Å². The largest absolute Gasteiger partial charge is 0.460 e. The van der Waals surface area contributed by atoms with Crippen molar-refractivity contribution in [3.05, 3.63) is 28.8 Å². The Morgan fingerprint density at radius 1 is 1.23 bits per heavy atom. The first kappa shape index (κ1) is 23.7. The van der Waals surface area contributed by atoms with Crippen LogP contribution >= 0.6 is 11.3 Å². The third-order valence-corrected chi connectivity index (χ3v) is 7.19. The Kier molecular flexibility index (Phi) is 7.73. The van der Waals surface area contributed by atoms with E-state index in [1.54, 1.807) is 11.3 Å². The van der Waals surface area contributed by atoms with Crippen LogP contribution in [0, 0.1) is 5.41 Å². The van der Waals surface area contributed by atoms with Crippen LogP contribution in [0.2, 0.25) is 0 Å². The monoisotopic (exact) mass is 444 g/mol. The molecule has 6 heteroatoms. The van der Waals surface area contributed by atoms with E-state index < -0.39 is 11.0 Å². The van der Waals surface area contributed by atoms with E-state index in [2.05, 4.69) is 30.4 Å². The first-order valence-corrected chi connectivity index (χ1v) is 12.4. The van der Waals surface area contributed by atoms with E-state index in [9.17, 15) is 9.59 Å². The summed E-state index contributed by atoms with van der Waals surface area (Å²) < 4.78 is 6.68. The molecule has 1 fully saturated rings. The Bertz CT molecular complexity index is 907. The molecule has 1 N–H and O–H groups in total. The van der Waals surface area contributed by atoms with Gasteiger partial charge in [0, 0.05) is 18.4 Å². The van der Waals surface area contributed by atoms with Crippen molar-refractivity contribution in [2.75, 3.05) is 6.54 Å². The molecule has 5 nitrogen and oxygen atoms in total. The van der Waals surface area contributed by atoms with Crippen LogP contribution in [0.3, 0.4) is 0 Å². The normalized spacial score (nSPS) is 15.9. The number of aromatic nitrogens is 1. The average Bonchev–Trinajstić information content (AvgIpc) is 3.36. The van der Waals surface area contributed by atoms with E-state index in [-0.39, 0.29) is 11.9 Å². The van der Waals surface area contributed by atoms with Gasteiger partial charge in [-0.1, -0.05) is 31.9 Å². The number of ether oxygens (including phenoxy) is 1. The molecule has 0 saturated heterocycles. The van der Waals surface area contributed by atoms with Crippen molar-refractivity contribution in [3.8, 4) is 0 Å². The van der Waals surface area contributed by atoms with Crippen molar-refractivity contribution in [1.82, 2.24) is 10.3 Å². The van der Waals surface area contributed by atoms with Crippen LogP contribution in [0.5, 0.6) is 0 Å². The van der Waals surface area contributed by atoms with Gasteiger partial charge in [0.15, 0.2) is 0 Å². The third kappa shape index (κ3) is 6.28. The molecule has 1 aliphatic rings. The van der Waals surface area contributed by atoms with Crippen LogP contribution in [-0.2, 0) is 27.2 Å². The molecule has 1 aliphatic carbocycles. The summed E-state index contributed by atoms with van der Waals surface area (Å²) in [5, 5.41) is 4.33. The number of esters is 1. The van der Waals surface area contributed by atoms with Crippen LogP contribution in [-0.4, -0.2) is 29.0 Å². The topological polar surface area (TPSA) is 68.3 Å². The predicted octanol–water partition coefficient (Wildman–Crippen LogP) is 5.59. The fraction of sp³-hybridized carbons (Fsp3) is 0.640. The number of nitrogens with one attached hydrogen (secondary N) is 1. The number of thiazole rings is 1. The molecule has 1 aromatic carbocycles. The van der Waals surface area contributed by atoms with Crippen molar-refractivity contribution >= 4 is 33.4 Å². The molecule has 0 unspecified atom stereocenters. The maximum absolute atomic E-state index is 13.1. The molecule has 1 heterocycles. The van der Waals surface area contributed by atoms with Crippen LogP contribution in [0.15, 0.2) is 18.2 Å². The lowest BCUT2D eigenvalue weighted by atomic mass is 9.80. The zero-order valence-electron chi connectivity index (χ0n) is 19.4. The first-order valence-electron chi connectivity index (χ1n) is 11.6. The number of benzene rings is 1. The number of para-hydroxylation sites is 1. The standard InChI is InChI=1S/C25H36N2O3S/c1-5-20-27-22-18(10-8-12-19(22)31-20)11-9-17-26-23(29)25(14-6-7-15-25)16-13-21(28)30-24(2,3)4/h8,10,12H,5-7,9,11,13-17H2,1-4H3,(H,26,29). The van der Waals surface area contributed by atoms with E-state index in [0.717, 1.165) is 50.5 Å². The van der Waals surface area contributed by atoms with Gasteiger partial charge in [0.2, 0.25) is 5.91 Å². The minimum absolute atomic E-state index is 0.105. The molecule has 170 valence electrons. The summed E-state index contributed by atoms with van der Waals surface area (Å²) in [5.74, 6) is -0.108. The van der Waals surface area contributed by atoms with Crippen molar-refractivity contribution in [3.63, 3.8) is 0 Å². The molecular formula is C25H36N2O3S. The highest BCUT2D eigenvalue weighted by atomic mass is 32.1. The zero-order valence-corrected chi connectivity index (χ0v) is 20.2. The summed E-state index contributed by atoms with van der Waals surface area (Å²) in [5.41, 5.74) is 1.46. The van der Waals surface area contributed by atoms with E-state index in [1.807, 2.05) is 20.8 Å². The Labute approximate surface area is 190 Å². The van der Waals surface area contributed by atoms with Crippen LogP contribution in [0.4, 0.5) is 0 Å². The van der Waals surface area contributed by atoms with Gasteiger partial charge >= 0.3 is 5.97 Å². The van der Waals surface area contributed by atoms with Gasteiger partial charge in [0.05, 0.1) is 15.2 Å². The minimum Gasteiger partial charge on any atom is -0.460 e. The summed E-state index contributed by atoms with van der Waals surface area (Å²) in [6, 6.07) is 6.37. The second-order valence-corrected chi connectivity index (χ2v) is 10.8. The van der Waals surface area contributed by atoms with Crippen molar-refractivity contribution in [1.29, 1.82) is 0 Å². The Morgan fingerprint density at radius 2 is 1.97 bits per heavy atom. The van der Waals surface area contributed by atoms with Crippen LogP contribution in [0.25, 0.3) is 10.2 Å². The number of aryl methyl sites for hydroxylation is 2. The van der Waals surface area contributed by atoms with Gasteiger partial charge in [-0.05, 0) is 70.9 Å². The molecule has 0 spiro atoms. The fourth-order valence-corrected chi connectivity index (χ4v) is 5.40. The quantitative estimate of drug-likeness (QED) is 0.404. The molecule has 31 heavy (non-hydrogen) atoms. The molecule has 1 amide bonds. The van der Waals surface area contributed by atoms with Gasteiger partial charge in [-0.3, -0.25) is 9.59 Å². The number of rotatable bonds is 9. The summed E-state index contributed by atoms with van der Waals surface area (Å²) in [6.07, 6.45) is 7.43. The summed E-state index contributed by atoms with van der Waals surface area (Å²) in [6.45, 7) is 8.40. The summed E-state index contributed by atoms with van der Waals surface area (Å²) >= 11 is 1.76. The Balaban J connectivity index is 1.51. The maximum atomic E-state index is 13.1. The van der Waals surface area contributed by atoms with Crippen LogP contribution < -0.4 is 5.32 Å². The molecule has 1 saturated carbocycles. The van der Waals surface area contributed by atoms with E-state index >= 15 is 0 Å². The number of nitrogens with zero attached hydrogens (tertiary/aromatic N) is 1.